The number of nitrogens with zero attached hydrogens (tertiary/aromatic N) is 1. The normalized spacial score (nSPS) is 20.8. The van der Waals surface area contributed by atoms with Crippen molar-refractivity contribution in [3.63, 3.8) is 0 Å². The van der Waals surface area contributed by atoms with Gasteiger partial charge in [0.15, 0.2) is 0 Å². The summed E-state index contributed by atoms with van der Waals surface area (Å²) in [6.07, 6.45) is 4.03. The predicted octanol–water partition coefficient (Wildman–Crippen LogP) is 1.68. The van der Waals surface area contributed by atoms with Crippen LogP contribution in [0.1, 0.15) is 39.0 Å². The van der Waals surface area contributed by atoms with Crippen LogP contribution in [-0.2, 0) is 4.79 Å². The molecule has 2 amide bonds. The van der Waals surface area contributed by atoms with Crippen LogP contribution in [0.25, 0.3) is 0 Å². The lowest BCUT2D eigenvalue weighted by atomic mass is 10.1. The number of carboxylic acid groups (broad SMARTS) is 1. The zero-order chi connectivity index (χ0) is 12.7. The van der Waals surface area contributed by atoms with Crippen LogP contribution in [0.2, 0.25) is 0 Å². The molecular weight excluding hydrogens is 220 g/mol. The summed E-state index contributed by atoms with van der Waals surface area (Å²) >= 11 is 0. The van der Waals surface area contributed by atoms with E-state index in [2.05, 4.69) is 12.2 Å². The fourth-order valence-corrected chi connectivity index (χ4v) is 2.09. The van der Waals surface area contributed by atoms with Crippen LogP contribution in [0, 0.1) is 5.92 Å². The zero-order valence-electron chi connectivity index (χ0n) is 10.4. The first-order chi connectivity index (χ1) is 8.09. The molecule has 2 N–H and O–H groups in total. The van der Waals surface area contributed by atoms with E-state index in [1.54, 1.807) is 0 Å². The van der Waals surface area contributed by atoms with Gasteiger partial charge in [-0.3, -0.25) is 4.79 Å². The van der Waals surface area contributed by atoms with Crippen LogP contribution < -0.4 is 5.32 Å². The molecule has 0 spiro atoms. The first-order valence-electron chi connectivity index (χ1n) is 6.34. The number of amides is 2. The molecule has 0 aliphatic carbocycles. The fraction of sp³-hybridized carbons (Fsp3) is 0.833. The van der Waals surface area contributed by atoms with Gasteiger partial charge in [-0.1, -0.05) is 13.3 Å². The van der Waals surface area contributed by atoms with Crippen LogP contribution in [-0.4, -0.2) is 41.6 Å². The van der Waals surface area contributed by atoms with Crippen molar-refractivity contribution in [2.45, 2.75) is 39.0 Å². The molecule has 1 fully saturated rings. The molecule has 98 valence electrons. The lowest BCUT2D eigenvalue weighted by Gasteiger charge is -2.23. The molecule has 0 aromatic heterocycles. The van der Waals surface area contributed by atoms with E-state index in [-0.39, 0.29) is 12.5 Å². The Morgan fingerprint density at radius 1 is 1.41 bits per heavy atom. The highest BCUT2D eigenvalue weighted by molar-refractivity contribution is 5.74. The highest BCUT2D eigenvalue weighted by Crippen LogP contribution is 2.15. The van der Waals surface area contributed by atoms with Crippen molar-refractivity contribution in [2.75, 3.05) is 19.6 Å². The maximum atomic E-state index is 11.8. The Morgan fingerprint density at radius 3 is 2.88 bits per heavy atom. The van der Waals surface area contributed by atoms with Crippen molar-refractivity contribution in [1.29, 1.82) is 0 Å². The van der Waals surface area contributed by atoms with Crippen LogP contribution in [0.15, 0.2) is 0 Å². The van der Waals surface area contributed by atoms with Crippen molar-refractivity contribution in [2.24, 2.45) is 5.92 Å². The van der Waals surface area contributed by atoms with Gasteiger partial charge in [-0.2, -0.15) is 0 Å². The molecule has 0 aromatic rings. The van der Waals surface area contributed by atoms with Crippen LogP contribution in [0.5, 0.6) is 0 Å². The minimum atomic E-state index is -0.817. The summed E-state index contributed by atoms with van der Waals surface area (Å²) in [4.78, 5) is 24.0. The second kappa shape index (κ2) is 7.14. The molecule has 17 heavy (non-hydrogen) atoms. The number of likely N-dealkylation sites (tertiary alicyclic amines) is 1. The smallest absolute Gasteiger partial charge is 0.317 e. The van der Waals surface area contributed by atoms with E-state index in [9.17, 15) is 9.59 Å². The SMILES string of the molecule is CC1CCCCN(C(=O)NCCCC(=O)O)C1. The molecule has 5 heteroatoms. The molecule has 5 nitrogen and oxygen atoms in total. The Kier molecular flexibility index (Phi) is 5.80. The van der Waals surface area contributed by atoms with E-state index in [4.69, 9.17) is 5.11 Å². The van der Waals surface area contributed by atoms with Crippen molar-refractivity contribution in [3.8, 4) is 0 Å². The van der Waals surface area contributed by atoms with Gasteiger partial charge >= 0.3 is 12.0 Å². The number of hydrogen-bond acceptors (Lipinski definition) is 2. The van der Waals surface area contributed by atoms with Gasteiger partial charge in [0.1, 0.15) is 0 Å². The van der Waals surface area contributed by atoms with E-state index in [0.717, 1.165) is 19.5 Å². The number of carboxylic acids is 1. The van der Waals surface area contributed by atoms with Gasteiger partial charge in [-0.15, -0.1) is 0 Å². The summed E-state index contributed by atoms with van der Waals surface area (Å²) in [5.74, 6) is -0.259. The molecule has 1 heterocycles. The molecule has 1 aliphatic heterocycles. The molecule has 1 saturated heterocycles. The molecule has 1 unspecified atom stereocenters. The van der Waals surface area contributed by atoms with Gasteiger partial charge in [-0.05, 0) is 25.2 Å². The monoisotopic (exact) mass is 242 g/mol. The third-order valence-corrected chi connectivity index (χ3v) is 3.04. The number of hydrogen-bond donors (Lipinski definition) is 2. The van der Waals surface area contributed by atoms with Gasteiger partial charge in [0, 0.05) is 26.1 Å². The quantitative estimate of drug-likeness (QED) is 0.737. The summed E-state index contributed by atoms with van der Waals surface area (Å²) in [5.41, 5.74) is 0. The number of carbonyl (C=O) groups is 2. The summed E-state index contributed by atoms with van der Waals surface area (Å²) in [6.45, 7) is 4.23. The Morgan fingerprint density at radius 2 is 2.18 bits per heavy atom. The number of rotatable bonds is 4. The number of carbonyl (C=O) groups excluding carboxylic acids is 1. The molecule has 0 bridgehead atoms. The highest BCUT2D eigenvalue weighted by Gasteiger charge is 2.18. The standard InChI is InChI=1S/C12H22N2O3/c1-10-5-2-3-8-14(9-10)12(17)13-7-4-6-11(15)16/h10H,2-9H2,1H3,(H,13,17)(H,15,16). The number of urea groups is 1. The molecule has 0 saturated carbocycles. The minimum Gasteiger partial charge on any atom is -0.481 e. The third-order valence-electron chi connectivity index (χ3n) is 3.04. The zero-order valence-corrected chi connectivity index (χ0v) is 10.4. The summed E-state index contributed by atoms with van der Waals surface area (Å²) in [5, 5.41) is 11.3. The summed E-state index contributed by atoms with van der Waals surface area (Å²) in [6, 6.07) is -0.0517. The van der Waals surface area contributed by atoms with Crippen LogP contribution in [0.4, 0.5) is 4.79 Å². The molecule has 1 atom stereocenters. The Hall–Kier alpha value is -1.26. The lowest BCUT2D eigenvalue weighted by molar-refractivity contribution is -0.137. The first kappa shape index (κ1) is 13.8. The van der Waals surface area contributed by atoms with E-state index in [1.165, 1.54) is 12.8 Å². The van der Waals surface area contributed by atoms with Gasteiger partial charge in [0.2, 0.25) is 0 Å². The van der Waals surface area contributed by atoms with Crippen molar-refractivity contribution >= 4 is 12.0 Å². The highest BCUT2D eigenvalue weighted by atomic mass is 16.4. The lowest BCUT2D eigenvalue weighted by Crippen LogP contribution is -2.42. The Bertz CT molecular complexity index is 268. The van der Waals surface area contributed by atoms with Crippen LogP contribution >= 0.6 is 0 Å². The van der Waals surface area contributed by atoms with E-state index in [1.807, 2.05) is 4.90 Å². The number of aliphatic carboxylic acids is 1. The van der Waals surface area contributed by atoms with E-state index in [0.29, 0.717) is 18.9 Å². The number of nitrogens with one attached hydrogen (secondary N) is 1. The third kappa shape index (κ3) is 5.56. The average molecular weight is 242 g/mol. The van der Waals surface area contributed by atoms with E-state index < -0.39 is 5.97 Å². The van der Waals surface area contributed by atoms with Crippen molar-refractivity contribution in [1.82, 2.24) is 10.2 Å². The van der Waals surface area contributed by atoms with Crippen molar-refractivity contribution < 1.29 is 14.7 Å². The molecule has 1 aliphatic rings. The van der Waals surface area contributed by atoms with Gasteiger partial charge in [-0.25, -0.2) is 4.79 Å². The second-order valence-electron chi connectivity index (χ2n) is 4.78. The molecular formula is C12H22N2O3. The van der Waals surface area contributed by atoms with Gasteiger partial charge in [0.05, 0.1) is 0 Å². The molecule has 1 rings (SSSR count). The Balaban J connectivity index is 2.23. The largest absolute Gasteiger partial charge is 0.481 e. The maximum Gasteiger partial charge on any atom is 0.317 e. The van der Waals surface area contributed by atoms with Gasteiger partial charge < -0.3 is 15.3 Å². The van der Waals surface area contributed by atoms with Crippen LogP contribution in [0.3, 0.4) is 0 Å². The van der Waals surface area contributed by atoms with Gasteiger partial charge in [0.25, 0.3) is 0 Å². The molecule has 0 aromatic carbocycles. The second-order valence-corrected chi connectivity index (χ2v) is 4.78. The summed E-state index contributed by atoms with van der Waals surface area (Å²) in [7, 11) is 0. The van der Waals surface area contributed by atoms with Crippen molar-refractivity contribution in [3.05, 3.63) is 0 Å². The van der Waals surface area contributed by atoms with E-state index >= 15 is 0 Å². The fourth-order valence-electron chi connectivity index (χ4n) is 2.09. The minimum absolute atomic E-state index is 0.0517. The first-order valence-corrected chi connectivity index (χ1v) is 6.34. The predicted molar refractivity (Wildman–Crippen MR) is 64.9 cm³/mol. The average Bonchev–Trinajstić information content (AvgIpc) is 2.48. The molecule has 0 radical (unpaired) electrons. The topological polar surface area (TPSA) is 69.6 Å². The summed E-state index contributed by atoms with van der Waals surface area (Å²) < 4.78 is 0. The Labute approximate surface area is 102 Å². The maximum absolute atomic E-state index is 11.8.